The van der Waals surface area contributed by atoms with Gasteiger partial charge in [0.25, 0.3) is 0 Å². The highest BCUT2D eigenvalue weighted by Crippen LogP contribution is 2.29. The summed E-state index contributed by atoms with van der Waals surface area (Å²) in [6.45, 7) is 8.57. The van der Waals surface area contributed by atoms with Gasteiger partial charge < -0.3 is 15.5 Å². The lowest BCUT2D eigenvalue weighted by atomic mass is 10.0. The van der Waals surface area contributed by atoms with Gasteiger partial charge in [0.15, 0.2) is 0 Å². The third kappa shape index (κ3) is 5.65. The molecule has 1 aliphatic heterocycles. The smallest absolute Gasteiger partial charge is 0.223 e. The van der Waals surface area contributed by atoms with Gasteiger partial charge in [-0.15, -0.1) is 0 Å². The van der Waals surface area contributed by atoms with Crippen molar-refractivity contribution in [1.82, 2.24) is 15.5 Å². The summed E-state index contributed by atoms with van der Waals surface area (Å²) in [6, 6.07) is 0.259. The van der Waals surface area contributed by atoms with E-state index >= 15 is 0 Å². The van der Waals surface area contributed by atoms with Gasteiger partial charge in [0.2, 0.25) is 11.8 Å². The van der Waals surface area contributed by atoms with E-state index in [0.29, 0.717) is 6.42 Å². The van der Waals surface area contributed by atoms with Crippen molar-refractivity contribution in [2.45, 2.75) is 64.5 Å². The lowest BCUT2D eigenvalue weighted by molar-refractivity contribution is -0.132. The molecule has 0 unspecified atom stereocenters. The Morgan fingerprint density at radius 2 is 1.71 bits per heavy atom. The molecule has 2 N–H and O–H groups in total. The molecular formula is C16H29N3O2. The second-order valence-electron chi connectivity index (χ2n) is 7.36. The van der Waals surface area contributed by atoms with Gasteiger partial charge in [-0.05, 0) is 46.5 Å². The number of likely N-dealkylation sites (tertiary alicyclic amines) is 1. The number of hydrogen-bond acceptors (Lipinski definition) is 3. The first-order valence-electron chi connectivity index (χ1n) is 8.18. The van der Waals surface area contributed by atoms with Crippen molar-refractivity contribution in [2.75, 3.05) is 19.6 Å². The molecule has 1 aliphatic carbocycles. The fraction of sp³-hybridized carbons (Fsp3) is 0.875. The summed E-state index contributed by atoms with van der Waals surface area (Å²) < 4.78 is 0. The molecule has 21 heavy (non-hydrogen) atoms. The molecule has 2 rings (SSSR count). The minimum Gasteiger partial charge on any atom is -0.353 e. The molecule has 1 heterocycles. The Hall–Kier alpha value is -1.10. The topological polar surface area (TPSA) is 61.4 Å². The number of carbonyl (C=O) groups is 2. The Kier molecular flexibility index (Phi) is 5.25. The second kappa shape index (κ2) is 6.77. The van der Waals surface area contributed by atoms with E-state index in [9.17, 15) is 9.59 Å². The molecule has 0 aromatic heterocycles. The maximum Gasteiger partial charge on any atom is 0.223 e. The molecule has 1 saturated carbocycles. The van der Waals surface area contributed by atoms with Crippen molar-refractivity contribution < 1.29 is 9.59 Å². The Balaban J connectivity index is 1.63. The molecule has 1 saturated heterocycles. The number of piperidine rings is 1. The maximum absolute atomic E-state index is 12.1. The monoisotopic (exact) mass is 295 g/mol. The van der Waals surface area contributed by atoms with Gasteiger partial charge in [0.1, 0.15) is 0 Å². The van der Waals surface area contributed by atoms with Gasteiger partial charge in [0, 0.05) is 43.6 Å². The van der Waals surface area contributed by atoms with Gasteiger partial charge in [-0.25, -0.2) is 0 Å². The molecule has 2 fully saturated rings. The van der Waals surface area contributed by atoms with E-state index in [1.54, 1.807) is 0 Å². The van der Waals surface area contributed by atoms with Crippen LogP contribution < -0.4 is 10.6 Å². The summed E-state index contributed by atoms with van der Waals surface area (Å²) in [4.78, 5) is 25.8. The van der Waals surface area contributed by atoms with Crippen molar-refractivity contribution in [3.05, 3.63) is 0 Å². The van der Waals surface area contributed by atoms with E-state index in [-0.39, 0.29) is 29.3 Å². The van der Waals surface area contributed by atoms with Crippen molar-refractivity contribution in [3.63, 3.8) is 0 Å². The van der Waals surface area contributed by atoms with Crippen LogP contribution in [0.1, 0.15) is 52.9 Å². The number of nitrogens with zero attached hydrogens (tertiary/aromatic N) is 1. The van der Waals surface area contributed by atoms with Crippen molar-refractivity contribution in [2.24, 2.45) is 5.92 Å². The van der Waals surface area contributed by atoms with Crippen LogP contribution in [0, 0.1) is 5.92 Å². The maximum atomic E-state index is 12.1. The molecule has 0 spiro atoms. The average molecular weight is 295 g/mol. The van der Waals surface area contributed by atoms with Crippen LogP contribution >= 0.6 is 0 Å². The summed E-state index contributed by atoms with van der Waals surface area (Å²) in [6.07, 6.45) is 4.41. The summed E-state index contributed by atoms with van der Waals surface area (Å²) in [5, 5.41) is 6.46. The quantitative estimate of drug-likeness (QED) is 0.803. The summed E-state index contributed by atoms with van der Waals surface area (Å²) >= 11 is 0. The van der Waals surface area contributed by atoms with Gasteiger partial charge in [-0.3, -0.25) is 9.59 Å². The standard InChI is InChI=1S/C16H29N3O2/c1-16(2,3)17-9-6-14(20)19-10-7-13(8-11-19)18-15(21)12-4-5-12/h12-13,17H,4-11H2,1-3H3,(H,18,21). The van der Waals surface area contributed by atoms with Crippen LogP contribution in [0.15, 0.2) is 0 Å². The predicted octanol–water partition coefficient (Wildman–Crippen LogP) is 1.28. The molecule has 0 aromatic rings. The fourth-order valence-corrected chi connectivity index (χ4v) is 2.64. The van der Waals surface area contributed by atoms with Crippen LogP contribution in [0.5, 0.6) is 0 Å². The summed E-state index contributed by atoms with van der Waals surface area (Å²) in [5.41, 5.74) is 0.0559. The number of amides is 2. The normalized spacial score (nSPS) is 20.4. The fourth-order valence-electron chi connectivity index (χ4n) is 2.64. The minimum atomic E-state index is 0.0559. The Morgan fingerprint density at radius 3 is 2.24 bits per heavy atom. The zero-order chi connectivity index (χ0) is 15.5. The van der Waals surface area contributed by atoms with E-state index in [1.165, 1.54) is 0 Å². The van der Waals surface area contributed by atoms with Crippen molar-refractivity contribution >= 4 is 11.8 Å². The van der Waals surface area contributed by atoms with Gasteiger partial charge in [-0.1, -0.05) is 0 Å². The molecule has 2 aliphatic rings. The van der Waals surface area contributed by atoms with Crippen LogP contribution in [0.3, 0.4) is 0 Å². The Bertz CT molecular complexity index is 377. The molecule has 120 valence electrons. The molecule has 0 aromatic carbocycles. The lowest BCUT2D eigenvalue weighted by Crippen LogP contribution is -2.47. The third-order valence-electron chi connectivity index (χ3n) is 4.14. The van der Waals surface area contributed by atoms with Crippen LogP contribution in [-0.2, 0) is 9.59 Å². The number of nitrogens with one attached hydrogen (secondary N) is 2. The van der Waals surface area contributed by atoms with Gasteiger partial charge in [0.05, 0.1) is 0 Å². The first-order valence-corrected chi connectivity index (χ1v) is 8.18. The van der Waals surface area contributed by atoms with Crippen molar-refractivity contribution in [3.8, 4) is 0 Å². The molecule has 2 amide bonds. The van der Waals surface area contributed by atoms with Crippen LogP contribution in [0.25, 0.3) is 0 Å². The number of rotatable bonds is 5. The molecule has 5 nitrogen and oxygen atoms in total. The van der Waals surface area contributed by atoms with Gasteiger partial charge in [-0.2, -0.15) is 0 Å². The number of carbonyl (C=O) groups excluding carboxylic acids is 2. The average Bonchev–Trinajstić information content (AvgIpc) is 3.22. The van der Waals surface area contributed by atoms with E-state index in [0.717, 1.165) is 45.3 Å². The Labute approximate surface area is 127 Å². The van der Waals surface area contributed by atoms with Crippen LogP contribution in [-0.4, -0.2) is 47.9 Å². The largest absolute Gasteiger partial charge is 0.353 e. The number of hydrogen-bond donors (Lipinski definition) is 2. The highest BCUT2D eigenvalue weighted by molar-refractivity contribution is 5.81. The summed E-state index contributed by atoms with van der Waals surface area (Å²) in [7, 11) is 0. The minimum absolute atomic E-state index is 0.0559. The molecule has 5 heteroatoms. The Morgan fingerprint density at radius 1 is 1.10 bits per heavy atom. The zero-order valence-corrected chi connectivity index (χ0v) is 13.6. The molecule has 0 radical (unpaired) electrons. The second-order valence-corrected chi connectivity index (χ2v) is 7.36. The predicted molar refractivity (Wildman–Crippen MR) is 82.8 cm³/mol. The molecule has 0 bridgehead atoms. The van der Waals surface area contributed by atoms with Gasteiger partial charge >= 0.3 is 0 Å². The molecular weight excluding hydrogens is 266 g/mol. The highest BCUT2D eigenvalue weighted by Gasteiger charge is 2.32. The van der Waals surface area contributed by atoms with E-state index in [4.69, 9.17) is 0 Å². The highest BCUT2D eigenvalue weighted by atomic mass is 16.2. The van der Waals surface area contributed by atoms with Crippen LogP contribution in [0.4, 0.5) is 0 Å². The lowest BCUT2D eigenvalue weighted by Gasteiger charge is -2.33. The van der Waals surface area contributed by atoms with E-state index < -0.39 is 0 Å². The summed E-state index contributed by atoms with van der Waals surface area (Å²) in [5.74, 6) is 0.709. The molecule has 0 atom stereocenters. The first kappa shape index (κ1) is 16.3. The van der Waals surface area contributed by atoms with E-state index in [2.05, 4.69) is 31.4 Å². The zero-order valence-electron chi connectivity index (χ0n) is 13.6. The SMILES string of the molecule is CC(C)(C)NCCC(=O)N1CCC(NC(=O)C2CC2)CC1. The first-order chi connectivity index (χ1) is 9.85. The van der Waals surface area contributed by atoms with E-state index in [1.807, 2.05) is 4.90 Å². The van der Waals surface area contributed by atoms with Crippen molar-refractivity contribution in [1.29, 1.82) is 0 Å². The van der Waals surface area contributed by atoms with Crippen LogP contribution in [0.2, 0.25) is 0 Å². The third-order valence-corrected chi connectivity index (χ3v) is 4.14.